The summed E-state index contributed by atoms with van der Waals surface area (Å²) in [5, 5.41) is 12.8. The SMILES string of the molecule is O=C(CCSc1nnc(CN2CCCCC2)n1Cc1ccccc1)Nc1ccccc1. The number of hydrogen-bond donors (Lipinski definition) is 1. The fraction of sp³-hybridized carbons (Fsp3) is 0.375. The Morgan fingerprint density at radius 1 is 0.903 bits per heavy atom. The van der Waals surface area contributed by atoms with Crippen molar-refractivity contribution in [2.75, 3.05) is 24.2 Å². The van der Waals surface area contributed by atoms with Crippen LogP contribution in [-0.4, -0.2) is 44.4 Å². The number of nitrogens with zero attached hydrogens (tertiary/aromatic N) is 4. The summed E-state index contributed by atoms with van der Waals surface area (Å²) < 4.78 is 2.21. The van der Waals surface area contributed by atoms with Gasteiger partial charge >= 0.3 is 0 Å². The third-order valence-corrected chi connectivity index (χ3v) is 6.38. The van der Waals surface area contributed by atoms with Gasteiger partial charge in [-0.15, -0.1) is 10.2 Å². The van der Waals surface area contributed by atoms with Gasteiger partial charge in [0.25, 0.3) is 0 Å². The topological polar surface area (TPSA) is 63.1 Å². The summed E-state index contributed by atoms with van der Waals surface area (Å²) in [7, 11) is 0. The van der Waals surface area contributed by atoms with Gasteiger partial charge in [0.05, 0.1) is 13.1 Å². The second kappa shape index (κ2) is 11.1. The Morgan fingerprint density at radius 2 is 1.61 bits per heavy atom. The van der Waals surface area contributed by atoms with Crippen LogP contribution in [0.25, 0.3) is 0 Å². The van der Waals surface area contributed by atoms with Crippen LogP contribution in [-0.2, 0) is 17.9 Å². The molecule has 0 radical (unpaired) electrons. The number of carbonyl (C=O) groups is 1. The first-order valence-electron chi connectivity index (χ1n) is 10.9. The Bertz CT molecular complexity index is 955. The molecular weight excluding hydrogens is 406 g/mol. The molecule has 4 rings (SSSR count). The quantitative estimate of drug-likeness (QED) is 0.504. The van der Waals surface area contributed by atoms with Crippen LogP contribution in [0.2, 0.25) is 0 Å². The zero-order valence-corrected chi connectivity index (χ0v) is 18.6. The second-order valence-corrected chi connectivity index (χ2v) is 8.88. The summed E-state index contributed by atoms with van der Waals surface area (Å²) in [6, 6.07) is 20.0. The normalized spacial score (nSPS) is 14.5. The molecule has 31 heavy (non-hydrogen) atoms. The summed E-state index contributed by atoms with van der Waals surface area (Å²) in [5.41, 5.74) is 2.06. The highest BCUT2D eigenvalue weighted by Crippen LogP contribution is 2.22. The molecule has 1 amide bonds. The molecule has 7 heteroatoms. The van der Waals surface area contributed by atoms with Crippen LogP contribution >= 0.6 is 11.8 Å². The minimum atomic E-state index is 0.0152. The molecule has 162 valence electrons. The Hall–Kier alpha value is -2.64. The number of hydrogen-bond acceptors (Lipinski definition) is 5. The number of likely N-dealkylation sites (tertiary alicyclic amines) is 1. The summed E-state index contributed by atoms with van der Waals surface area (Å²) in [6.07, 6.45) is 4.26. The summed E-state index contributed by atoms with van der Waals surface area (Å²) in [5.74, 6) is 1.68. The summed E-state index contributed by atoms with van der Waals surface area (Å²) >= 11 is 1.60. The molecule has 0 bridgehead atoms. The number of benzene rings is 2. The molecule has 0 aliphatic carbocycles. The van der Waals surface area contributed by atoms with Gasteiger partial charge in [0.1, 0.15) is 5.82 Å². The molecule has 0 atom stereocenters. The van der Waals surface area contributed by atoms with E-state index in [0.29, 0.717) is 12.2 Å². The average Bonchev–Trinajstić information content (AvgIpc) is 3.17. The minimum Gasteiger partial charge on any atom is -0.326 e. The van der Waals surface area contributed by atoms with Gasteiger partial charge in [-0.25, -0.2) is 0 Å². The molecule has 6 nitrogen and oxygen atoms in total. The van der Waals surface area contributed by atoms with Crippen LogP contribution in [0.1, 0.15) is 37.1 Å². The number of rotatable bonds is 9. The lowest BCUT2D eigenvalue weighted by Crippen LogP contribution is -2.30. The standard InChI is InChI=1S/C24H29N5OS/c30-23(25-21-12-6-2-7-13-21)14-17-31-24-27-26-22(19-28-15-8-3-9-16-28)29(24)18-20-10-4-1-5-11-20/h1-2,4-7,10-13H,3,8-9,14-19H2,(H,25,30). The Kier molecular flexibility index (Phi) is 7.74. The Morgan fingerprint density at radius 3 is 2.35 bits per heavy atom. The molecule has 2 aromatic carbocycles. The molecule has 3 aromatic rings. The number of piperidine rings is 1. The van der Waals surface area contributed by atoms with E-state index < -0.39 is 0 Å². The van der Waals surface area contributed by atoms with Crippen molar-refractivity contribution in [2.24, 2.45) is 0 Å². The van der Waals surface area contributed by atoms with Gasteiger partial charge in [-0.3, -0.25) is 9.69 Å². The number of carbonyl (C=O) groups excluding carboxylic acids is 1. The molecule has 0 saturated carbocycles. The molecule has 1 aromatic heterocycles. The Balaban J connectivity index is 1.40. The maximum Gasteiger partial charge on any atom is 0.225 e. The predicted molar refractivity (Wildman–Crippen MR) is 125 cm³/mol. The number of para-hydroxylation sites is 1. The highest BCUT2D eigenvalue weighted by molar-refractivity contribution is 7.99. The fourth-order valence-electron chi connectivity index (χ4n) is 3.77. The monoisotopic (exact) mass is 435 g/mol. The zero-order valence-electron chi connectivity index (χ0n) is 17.7. The van der Waals surface area contributed by atoms with E-state index in [1.807, 2.05) is 36.4 Å². The number of amides is 1. The van der Waals surface area contributed by atoms with Gasteiger partial charge in [-0.05, 0) is 43.6 Å². The summed E-state index contributed by atoms with van der Waals surface area (Å²) in [6.45, 7) is 3.82. The van der Waals surface area contributed by atoms with Crippen LogP contribution in [0.15, 0.2) is 65.8 Å². The van der Waals surface area contributed by atoms with Crippen molar-refractivity contribution >= 4 is 23.4 Å². The van der Waals surface area contributed by atoms with E-state index in [9.17, 15) is 4.79 Å². The number of anilines is 1. The first kappa shape index (κ1) is 21.6. The van der Waals surface area contributed by atoms with Crippen molar-refractivity contribution < 1.29 is 4.79 Å². The van der Waals surface area contributed by atoms with E-state index >= 15 is 0 Å². The molecule has 0 unspecified atom stereocenters. The van der Waals surface area contributed by atoms with E-state index in [0.717, 1.165) is 42.8 Å². The summed E-state index contributed by atoms with van der Waals surface area (Å²) in [4.78, 5) is 14.7. The van der Waals surface area contributed by atoms with Crippen LogP contribution in [0.4, 0.5) is 5.69 Å². The molecule has 1 saturated heterocycles. The van der Waals surface area contributed by atoms with Crippen LogP contribution < -0.4 is 5.32 Å². The Labute approximate surface area is 188 Å². The van der Waals surface area contributed by atoms with Crippen molar-refractivity contribution in [1.29, 1.82) is 0 Å². The maximum atomic E-state index is 12.3. The number of nitrogens with one attached hydrogen (secondary N) is 1. The highest BCUT2D eigenvalue weighted by atomic mass is 32.2. The van der Waals surface area contributed by atoms with Gasteiger partial charge in [-0.1, -0.05) is 66.7 Å². The lowest BCUT2D eigenvalue weighted by molar-refractivity contribution is -0.115. The zero-order chi connectivity index (χ0) is 21.3. The lowest BCUT2D eigenvalue weighted by atomic mass is 10.1. The van der Waals surface area contributed by atoms with Crippen molar-refractivity contribution in [3.63, 3.8) is 0 Å². The minimum absolute atomic E-state index is 0.0152. The third-order valence-electron chi connectivity index (χ3n) is 5.41. The van der Waals surface area contributed by atoms with Crippen molar-refractivity contribution in [2.45, 2.75) is 43.9 Å². The van der Waals surface area contributed by atoms with Gasteiger partial charge < -0.3 is 9.88 Å². The van der Waals surface area contributed by atoms with Gasteiger partial charge in [0.2, 0.25) is 5.91 Å². The number of thioether (sulfide) groups is 1. The molecule has 1 aliphatic rings. The molecule has 0 spiro atoms. The predicted octanol–water partition coefficient (Wildman–Crippen LogP) is 4.43. The van der Waals surface area contributed by atoms with Gasteiger partial charge in [-0.2, -0.15) is 0 Å². The maximum absolute atomic E-state index is 12.3. The molecule has 2 heterocycles. The van der Waals surface area contributed by atoms with E-state index in [1.54, 1.807) is 11.8 Å². The van der Waals surface area contributed by atoms with E-state index in [1.165, 1.54) is 24.8 Å². The van der Waals surface area contributed by atoms with Gasteiger partial charge in [0, 0.05) is 17.9 Å². The van der Waals surface area contributed by atoms with Crippen molar-refractivity contribution in [3.8, 4) is 0 Å². The molecular formula is C24H29N5OS. The average molecular weight is 436 g/mol. The number of aromatic nitrogens is 3. The lowest BCUT2D eigenvalue weighted by Gasteiger charge is -2.26. The molecule has 1 N–H and O–H groups in total. The third kappa shape index (κ3) is 6.42. The highest BCUT2D eigenvalue weighted by Gasteiger charge is 2.18. The smallest absolute Gasteiger partial charge is 0.225 e. The largest absolute Gasteiger partial charge is 0.326 e. The first-order valence-corrected chi connectivity index (χ1v) is 11.9. The van der Waals surface area contributed by atoms with Crippen LogP contribution in [0.3, 0.4) is 0 Å². The fourth-order valence-corrected chi connectivity index (χ4v) is 4.66. The van der Waals surface area contributed by atoms with Crippen molar-refractivity contribution in [3.05, 3.63) is 72.1 Å². The molecule has 1 fully saturated rings. The second-order valence-electron chi connectivity index (χ2n) is 7.82. The van der Waals surface area contributed by atoms with E-state index in [4.69, 9.17) is 0 Å². The van der Waals surface area contributed by atoms with Crippen LogP contribution in [0, 0.1) is 0 Å². The van der Waals surface area contributed by atoms with Crippen LogP contribution in [0.5, 0.6) is 0 Å². The molecule has 1 aliphatic heterocycles. The van der Waals surface area contributed by atoms with E-state index in [-0.39, 0.29) is 5.91 Å². The first-order chi connectivity index (χ1) is 15.3. The van der Waals surface area contributed by atoms with E-state index in [2.05, 4.69) is 49.2 Å². The van der Waals surface area contributed by atoms with Crippen molar-refractivity contribution in [1.82, 2.24) is 19.7 Å². The van der Waals surface area contributed by atoms with Gasteiger partial charge in [0.15, 0.2) is 5.16 Å².